The number of azide groups is 1. The molecule has 1 heterocycles. The van der Waals surface area contributed by atoms with Crippen molar-refractivity contribution in [3.05, 3.63) is 118 Å². The highest BCUT2D eigenvalue weighted by atomic mass is 16.6. The molecule has 0 bridgehead atoms. The number of ether oxygens (including phenoxy) is 1. The van der Waals surface area contributed by atoms with Crippen molar-refractivity contribution in [2.24, 2.45) is 11.0 Å². The smallest absolute Gasteiger partial charge is 0.243 e. The molecule has 0 aliphatic carbocycles. The Morgan fingerprint density at radius 1 is 0.750 bits per heavy atom. The van der Waals surface area contributed by atoms with Crippen molar-refractivity contribution in [3.63, 3.8) is 0 Å². The highest BCUT2D eigenvalue weighted by Crippen LogP contribution is 2.29. The lowest BCUT2D eigenvalue weighted by Gasteiger charge is -2.27. The Morgan fingerprint density at radius 2 is 1.23 bits per heavy atom. The van der Waals surface area contributed by atoms with E-state index in [1.165, 1.54) is 0 Å². The third-order valence-electron chi connectivity index (χ3n) is 8.32. The molecule has 0 saturated carbocycles. The molecule has 1 saturated heterocycles. The molecule has 0 aromatic heterocycles. The number of carbonyl (C=O) groups excluding carboxylic acids is 4. The number of epoxide rings is 1. The minimum atomic E-state index is -1.10. The third-order valence-corrected chi connectivity index (χ3v) is 8.32. The lowest BCUT2D eigenvalue weighted by molar-refractivity contribution is -0.134. The Hall–Kier alpha value is -4.99. The zero-order valence-electron chi connectivity index (χ0n) is 27.7. The number of nitrogens with one attached hydrogen (secondary N) is 3. The Labute approximate surface area is 281 Å². The van der Waals surface area contributed by atoms with Crippen molar-refractivity contribution in [1.82, 2.24) is 16.0 Å². The summed E-state index contributed by atoms with van der Waals surface area (Å²) in [5.74, 6) is -1.78. The molecule has 3 aromatic rings. The van der Waals surface area contributed by atoms with Crippen LogP contribution in [0.5, 0.6) is 0 Å². The molecular weight excluding hydrogens is 608 g/mol. The van der Waals surface area contributed by atoms with E-state index in [2.05, 4.69) is 26.0 Å². The first-order chi connectivity index (χ1) is 23.1. The van der Waals surface area contributed by atoms with Gasteiger partial charge in [0.25, 0.3) is 0 Å². The molecule has 11 heteroatoms. The number of hydrogen-bond acceptors (Lipinski definition) is 6. The maximum absolute atomic E-state index is 14.0. The second-order valence-corrected chi connectivity index (χ2v) is 12.8. The minimum absolute atomic E-state index is 0.112. The largest absolute Gasteiger partial charge is 0.361 e. The molecule has 0 spiro atoms. The van der Waals surface area contributed by atoms with Crippen LogP contribution in [0.4, 0.5) is 0 Å². The van der Waals surface area contributed by atoms with Gasteiger partial charge in [-0.2, -0.15) is 0 Å². The molecule has 3 N–H and O–H groups in total. The summed E-state index contributed by atoms with van der Waals surface area (Å²) in [7, 11) is 0. The van der Waals surface area contributed by atoms with Gasteiger partial charge >= 0.3 is 0 Å². The topological polar surface area (TPSA) is 166 Å². The van der Waals surface area contributed by atoms with Gasteiger partial charge in [0.1, 0.15) is 23.7 Å². The molecule has 1 aliphatic rings. The van der Waals surface area contributed by atoms with Gasteiger partial charge in [0.15, 0.2) is 5.78 Å². The van der Waals surface area contributed by atoms with Crippen LogP contribution in [0, 0.1) is 5.92 Å². The van der Waals surface area contributed by atoms with Crippen LogP contribution in [-0.4, -0.2) is 59.9 Å². The summed E-state index contributed by atoms with van der Waals surface area (Å²) in [5.41, 5.74) is 10.9. The van der Waals surface area contributed by atoms with Crippen LogP contribution in [0.15, 0.2) is 96.1 Å². The second-order valence-electron chi connectivity index (χ2n) is 12.8. The van der Waals surface area contributed by atoms with Crippen LogP contribution in [0.1, 0.15) is 50.3 Å². The highest BCUT2D eigenvalue weighted by molar-refractivity contribution is 5.98. The van der Waals surface area contributed by atoms with E-state index in [1.807, 2.05) is 105 Å². The minimum Gasteiger partial charge on any atom is -0.361 e. The fourth-order valence-electron chi connectivity index (χ4n) is 5.50. The Balaban J connectivity index is 1.57. The maximum atomic E-state index is 14.0. The zero-order chi connectivity index (χ0) is 34.5. The van der Waals surface area contributed by atoms with E-state index in [9.17, 15) is 24.7 Å². The van der Waals surface area contributed by atoms with Gasteiger partial charge in [-0.25, -0.2) is 0 Å². The number of carbonyl (C=O) groups is 4. The number of ketones is 1. The molecule has 1 fully saturated rings. The average molecular weight is 653 g/mol. The Morgan fingerprint density at radius 3 is 1.75 bits per heavy atom. The number of aryl methyl sites for hydroxylation is 1. The van der Waals surface area contributed by atoms with Crippen LogP contribution in [0.25, 0.3) is 10.4 Å². The summed E-state index contributed by atoms with van der Waals surface area (Å²) in [6, 6.07) is 23.9. The molecule has 252 valence electrons. The van der Waals surface area contributed by atoms with Crippen molar-refractivity contribution in [2.45, 2.75) is 82.6 Å². The van der Waals surface area contributed by atoms with E-state index in [4.69, 9.17) is 4.74 Å². The summed E-state index contributed by atoms with van der Waals surface area (Å²) in [5, 5.41) is 12.3. The van der Waals surface area contributed by atoms with Gasteiger partial charge < -0.3 is 20.7 Å². The first kappa shape index (κ1) is 35.9. The van der Waals surface area contributed by atoms with Crippen molar-refractivity contribution in [1.29, 1.82) is 0 Å². The molecular formula is C37H44N6O5. The van der Waals surface area contributed by atoms with Crippen molar-refractivity contribution < 1.29 is 23.9 Å². The SMILES string of the molecule is CC(C)C[C@H](NC(=O)[C@H](Cc1ccccc1)NC(=O)[C@H](CCc1ccccc1)NC(=O)C(Cc1ccccc1)N=[N+]=[N-])C(=O)[C@@]1(C)CO1. The Bertz CT molecular complexity index is 1570. The molecule has 1 aliphatic heterocycles. The number of rotatable bonds is 18. The van der Waals surface area contributed by atoms with Crippen LogP contribution < -0.4 is 16.0 Å². The van der Waals surface area contributed by atoms with E-state index < -0.39 is 47.5 Å². The molecule has 4 rings (SSSR count). The van der Waals surface area contributed by atoms with E-state index in [-0.39, 0.29) is 31.0 Å². The first-order valence-corrected chi connectivity index (χ1v) is 16.3. The van der Waals surface area contributed by atoms with E-state index >= 15 is 0 Å². The quantitative estimate of drug-likeness (QED) is 0.0787. The summed E-state index contributed by atoms with van der Waals surface area (Å²) >= 11 is 0. The van der Waals surface area contributed by atoms with Gasteiger partial charge in [0, 0.05) is 11.3 Å². The summed E-state index contributed by atoms with van der Waals surface area (Å²) in [6.45, 7) is 5.93. The van der Waals surface area contributed by atoms with E-state index in [1.54, 1.807) is 6.92 Å². The second kappa shape index (κ2) is 17.2. The number of benzene rings is 3. The lowest BCUT2D eigenvalue weighted by Crippen LogP contribution is -2.58. The van der Waals surface area contributed by atoms with Gasteiger partial charge in [0.2, 0.25) is 17.7 Å². The predicted molar refractivity (Wildman–Crippen MR) is 183 cm³/mol. The van der Waals surface area contributed by atoms with E-state index in [0.29, 0.717) is 19.4 Å². The molecule has 11 nitrogen and oxygen atoms in total. The van der Waals surface area contributed by atoms with Gasteiger partial charge in [-0.05, 0) is 60.7 Å². The standard InChI is InChI=1S/C37H44N6O5/c1-25(2)21-30(33(44)37(3)24-48-37)40-35(46)31(22-27-15-9-5-10-16-27)41-34(45)29(20-19-26-13-7-4-8-14-26)39-36(47)32(42-43-38)23-28-17-11-6-12-18-28/h4-18,25,29-32H,19-24H2,1-3H3,(H,39,47)(H,40,46)(H,41,45)/t29-,30-,31-,32?,37+/m0/s1. The average Bonchev–Trinajstić information content (AvgIpc) is 3.84. The summed E-state index contributed by atoms with van der Waals surface area (Å²) in [4.78, 5) is 57.6. The fourth-order valence-corrected chi connectivity index (χ4v) is 5.50. The monoisotopic (exact) mass is 652 g/mol. The molecule has 48 heavy (non-hydrogen) atoms. The maximum Gasteiger partial charge on any atom is 0.243 e. The predicted octanol–water partition coefficient (Wildman–Crippen LogP) is 4.64. The van der Waals surface area contributed by atoms with E-state index in [0.717, 1.165) is 16.7 Å². The summed E-state index contributed by atoms with van der Waals surface area (Å²) in [6.07, 6.45) is 1.40. The van der Waals surface area contributed by atoms with Crippen molar-refractivity contribution in [3.8, 4) is 0 Å². The van der Waals surface area contributed by atoms with Crippen molar-refractivity contribution in [2.75, 3.05) is 6.61 Å². The third kappa shape index (κ3) is 10.8. The zero-order valence-corrected chi connectivity index (χ0v) is 27.7. The lowest BCUT2D eigenvalue weighted by atomic mass is 9.93. The molecule has 0 radical (unpaired) electrons. The van der Waals surface area contributed by atoms with Gasteiger partial charge in [-0.3, -0.25) is 19.2 Å². The van der Waals surface area contributed by atoms with Crippen LogP contribution in [-0.2, 0) is 43.2 Å². The first-order valence-electron chi connectivity index (χ1n) is 16.3. The number of nitrogens with zero attached hydrogens (tertiary/aromatic N) is 3. The molecule has 5 atom stereocenters. The molecule has 3 amide bonds. The van der Waals surface area contributed by atoms with Gasteiger partial charge in [-0.15, -0.1) is 0 Å². The normalized spacial score (nSPS) is 17.6. The fraction of sp³-hybridized carbons (Fsp3) is 0.405. The molecule has 1 unspecified atom stereocenters. The summed E-state index contributed by atoms with van der Waals surface area (Å²) < 4.78 is 5.39. The Kier molecular flexibility index (Phi) is 12.9. The van der Waals surface area contributed by atoms with Crippen molar-refractivity contribution >= 4 is 23.5 Å². The van der Waals surface area contributed by atoms with Gasteiger partial charge in [0.05, 0.1) is 12.6 Å². The highest BCUT2D eigenvalue weighted by Gasteiger charge is 2.50. The number of Topliss-reactive ketones (excluding diaryl/α,β-unsaturated/α-hetero) is 1. The number of hydrogen-bond donors (Lipinski definition) is 3. The van der Waals surface area contributed by atoms with Crippen LogP contribution in [0.3, 0.4) is 0 Å². The molecule has 3 aromatic carbocycles. The van der Waals surface area contributed by atoms with Gasteiger partial charge in [-0.1, -0.05) is 110 Å². The number of amides is 3. The van der Waals surface area contributed by atoms with Crippen LogP contribution >= 0.6 is 0 Å². The van der Waals surface area contributed by atoms with Crippen LogP contribution in [0.2, 0.25) is 0 Å².